The van der Waals surface area contributed by atoms with Crippen molar-refractivity contribution in [1.82, 2.24) is 9.66 Å². The number of halogens is 1. The third-order valence-corrected chi connectivity index (χ3v) is 6.51. The van der Waals surface area contributed by atoms with Crippen LogP contribution in [0.2, 0.25) is 0 Å². The van der Waals surface area contributed by atoms with Gasteiger partial charge in [0.1, 0.15) is 12.4 Å². The summed E-state index contributed by atoms with van der Waals surface area (Å²) in [7, 11) is 0. The van der Waals surface area contributed by atoms with Crippen molar-refractivity contribution in [2.24, 2.45) is 5.10 Å². The van der Waals surface area contributed by atoms with Gasteiger partial charge in [-0.05, 0) is 73.4 Å². The van der Waals surface area contributed by atoms with Crippen LogP contribution in [0.1, 0.15) is 42.8 Å². The molecule has 40 heavy (non-hydrogen) atoms. The molecule has 0 atom stereocenters. The zero-order chi connectivity index (χ0) is 28.6. The Balaban J connectivity index is 1.71. The zero-order valence-electron chi connectivity index (χ0n) is 22.3. The van der Waals surface area contributed by atoms with Gasteiger partial charge in [-0.2, -0.15) is 9.78 Å². The fourth-order valence-electron chi connectivity index (χ4n) is 4.18. The Morgan fingerprint density at radius 1 is 1.12 bits per heavy atom. The van der Waals surface area contributed by atoms with Gasteiger partial charge < -0.3 is 9.47 Å². The number of hydrogen-bond acceptors (Lipinski definition) is 7. The minimum atomic E-state index is -0.438. The molecule has 0 N–H and O–H groups in total. The summed E-state index contributed by atoms with van der Waals surface area (Å²) in [5, 5.41) is 16.0. The van der Waals surface area contributed by atoms with E-state index in [1.807, 2.05) is 32.0 Å². The number of non-ortho nitro benzene ring substituents is 1. The van der Waals surface area contributed by atoms with Gasteiger partial charge in [0.2, 0.25) is 0 Å². The first kappa shape index (κ1) is 28.7. The third kappa shape index (κ3) is 6.63. The maximum Gasteiger partial charge on any atom is 0.282 e. The van der Waals surface area contributed by atoms with Gasteiger partial charge in [0.25, 0.3) is 11.2 Å². The van der Waals surface area contributed by atoms with E-state index in [4.69, 9.17) is 9.47 Å². The van der Waals surface area contributed by atoms with Gasteiger partial charge in [0, 0.05) is 28.6 Å². The van der Waals surface area contributed by atoms with E-state index >= 15 is 0 Å². The van der Waals surface area contributed by atoms with Crippen molar-refractivity contribution >= 4 is 38.7 Å². The summed E-state index contributed by atoms with van der Waals surface area (Å²) < 4.78 is 14.2. The Kier molecular flexibility index (Phi) is 9.44. The van der Waals surface area contributed by atoms with E-state index < -0.39 is 4.92 Å². The van der Waals surface area contributed by atoms with Gasteiger partial charge in [-0.1, -0.05) is 28.9 Å². The van der Waals surface area contributed by atoms with Gasteiger partial charge in [-0.3, -0.25) is 14.9 Å². The molecule has 10 heteroatoms. The molecule has 0 saturated heterocycles. The highest BCUT2D eigenvalue weighted by Crippen LogP contribution is 2.34. The summed E-state index contributed by atoms with van der Waals surface area (Å²) in [5.41, 5.74) is 2.72. The quantitative estimate of drug-likeness (QED) is 0.0779. The first-order valence-corrected chi connectivity index (χ1v) is 13.7. The maximum atomic E-state index is 13.4. The number of benzene rings is 3. The Bertz CT molecular complexity index is 1630. The van der Waals surface area contributed by atoms with Crippen LogP contribution in [0.4, 0.5) is 5.69 Å². The number of aryl methyl sites for hydroxylation is 1. The molecule has 0 aliphatic heterocycles. The maximum absolute atomic E-state index is 13.4. The first-order valence-electron chi connectivity index (χ1n) is 12.9. The summed E-state index contributed by atoms with van der Waals surface area (Å²) in [6, 6.07) is 15.4. The average molecular weight is 605 g/mol. The summed E-state index contributed by atoms with van der Waals surface area (Å²) in [6.45, 7) is 8.38. The second kappa shape index (κ2) is 13.2. The molecule has 4 rings (SSSR count). The van der Waals surface area contributed by atoms with Crippen LogP contribution in [0.3, 0.4) is 0 Å². The molecule has 1 aromatic heterocycles. The molecular weight excluding hydrogens is 576 g/mol. The zero-order valence-corrected chi connectivity index (χ0v) is 23.9. The highest BCUT2D eigenvalue weighted by atomic mass is 79.9. The van der Waals surface area contributed by atoms with Gasteiger partial charge in [-0.25, -0.2) is 4.98 Å². The minimum absolute atomic E-state index is 0.0187. The van der Waals surface area contributed by atoms with Crippen molar-refractivity contribution in [3.05, 3.63) is 115 Å². The van der Waals surface area contributed by atoms with Crippen LogP contribution < -0.4 is 15.0 Å². The van der Waals surface area contributed by atoms with E-state index in [0.717, 1.165) is 22.0 Å². The van der Waals surface area contributed by atoms with Gasteiger partial charge in [-0.15, -0.1) is 6.58 Å². The molecule has 0 amide bonds. The lowest BCUT2D eigenvalue weighted by Gasteiger charge is -2.17. The second-order valence-electron chi connectivity index (χ2n) is 8.95. The highest BCUT2D eigenvalue weighted by Gasteiger charge is 2.15. The van der Waals surface area contributed by atoms with E-state index in [0.29, 0.717) is 53.2 Å². The molecule has 0 bridgehead atoms. The monoisotopic (exact) mass is 604 g/mol. The van der Waals surface area contributed by atoms with E-state index in [2.05, 4.69) is 32.6 Å². The molecule has 0 aliphatic carbocycles. The Labute approximate surface area is 240 Å². The normalized spacial score (nSPS) is 11.2. The SMILES string of the molecule is C=CCc1cc(C=Nn2c(CCC)nc3ccc(Br)cc3c2=O)cc(OCC)c1OCc1ccc([N+](=O)[O-])cc1. The van der Waals surface area contributed by atoms with Crippen LogP contribution in [-0.4, -0.2) is 27.4 Å². The van der Waals surface area contributed by atoms with Crippen LogP contribution in [0, 0.1) is 10.1 Å². The van der Waals surface area contributed by atoms with Crippen LogP contribution >= 0.6 is 15.9 Å². The molecule has 0 spiro atoms. The molecule has 4 aromatic rings. The molecule has 9 nitrogen and oxygen atoms in total. The van der Waals surface area contributed by atoms with E-state index in [1.165, 1.54) is 16.8 Å². The van der Waals surface area contributed by atoms with Crippen LogP contribution in [0.15, 0.2) is 81.6 Å². The van der Waals surface area contributed by atoms with Crippen molar-refractivity contribution in [2.45, 2.75) is 39.7 Å². The van der Waals surface area contributed by atoms with Crippen LogP contribution in [0.25, 0.3) is 10.9 Å². The predicted octanol–water partition coefficient (Wildman–Crippen LogP) is 6.61. The topological polar surface area (TPSA) is 109 Å². The highest BCUT2D eigenvalue weighted by molar-refractivity contribution is 9.10. The predicted molar refractivity (Wildman–Crippen MR) is 160 cm³/mol. The lowest BCUT2D eigenvalue weighted by atomic mass is 10.1. The summed E-state index contributed by atoms with van der Waals surface area (Å²) in [6.07, 6.45) is 5.29. The minimum Gasteiger partial charge on any atom is -0.490 e. The van der Waals surface area contributed by atoms with E-state index in [9.17, 15) is 14.9 Å². The molecule has 0 aliphatic rings. The number of nitro benzene ring substituents is 1. The van der Waals surface area contributed by atoms with Gasteiger partial charge in [0.05, 0.1) is 28.6 Å². The molecule has 0 fully saturated rings. The number of hydrogen-bond donors (Lipinski definition) is 0. The van der Waals surface area contributed by atoms with Gasteiger partial charge >= 0.3 is 0 Å². The van der Waals surface area contributed by atoms with Crippen molar-refractivity contribution in [1.29, 1.82) is 0 Å². The number of nitro groups is 1. The Morgan fingerprint density at radius 2 is 1.90 bits per heavy atom. The van der Waals surface area contributed by atoms with Crippen LogP contribution in [0.5, 0.6) is 11.5 Å². The number of ether oxygens (including phenoxy) is 2. The standard InChI is InChI=1S/C30H29BrN4O5/c1-4-7-22-15-21(16-27(39-6-3)29(22)40-19-20-9-12-24(13-10-20)35(37)38)18-32-34-28(8-5-2)33-26-14-11-23(31)17-25(26)30(34)36/h4,9-18H,1,5-8,19H2,2-3H3. The number of nitrogens with zero attached hydrogens (tertiary/aromatic N) is 4. The average Bonchev–Trinajstić information content (AvgIpc) is 2.93. The Hall–Kier alpha value is -4.31. The number of allylic oxidation sites excluding steroid dienone is 1. The molecular formula is C30H29BrN4O5. The largest absolute Gasteiger partial charge is 0.490 e. The molecule has 206 valence electrons. The lowest BCUT2D eigenvalue weighted by Crippen LogP contribution is -2.22. The molecule has 0 unspecified atom stereocenters. The summed E-state index contributed by atoms with van der Waals surface area (Å²) in [5.74, 6) is 1.66. The van der Waals surface area contributed by atoms with Crippen molar-refractivity contribution in [3.8, 4) is 11.5 Å². The summed E-state index contributed by atoms with van der Waals surface area (Å²) >= 11 is 3.43. The Morgan fingerprint density at radius 3 is 2.58 bits per heavy atom. The van der Waals surface area contributed by atoms with Gasteiger partial charge in [0.15, 0.2) is 11.5 Å². The first-order chi connectivity index (χ1) is 19.3. The smallest absolute Gasteiger partial charge is 0.282 e. The van der Waals surface area contributed by atoms with E-state index in [1.54, 1.807) is 36.6 Å². The molecule has 1 heterocycles. The van der Waals surface area contributed by atoms with Crippen molar-refractivity contribution in [3.63, 3.8) is 0 Å². The number of aromatic nitrogens is 2. The number of fused-ring (bicyclic) bond motifs is 1. The molecule has 0 saturated carbocycles. The molecule has 3 aromatic carbocycles. The summed E-state index contributed by atoms with van der Waals surface area (Å²) in [4.78, 5) is 28.6. The second-order valence-corrected chi connectivity index (χ2v) is 9.86. The van der Waals surface area contributed by atoms with Crippen LogP contribution in [-0.2, 0) is 19.4 Å². The molecule has 0 radical (unpaired) electrons. The third-order valence-electron chi connectivity index (χ3n) is 6.02. The number of rotatable bonds is 12. The van der Waals surface area contributed by atoms with Crippen molar-refractivity contribution in [2.75, 3.05) is 6.61 Å². The van der Waals surface area contributed by atoms with Crippen molar-refractivity contribution < 1.29 is 14.4 Å². The van der Waals surface area contributed by atoms with E-state index in [-0.39, 0.29) is 17.9 Å². The fraction of sp³-hybridized carbons (Fsp3) is 0.233. The lowest BCUT2D eigenvalue weighted by molar-refractivity contribution is -0.384. The fourth-order valence-corrected chi connectivity index (χ4v) is 4.55.